The molecule has 3 aromatic carbocycles. The number of halogens is 2. The van der Waals surface area contributed by atoms with Crippen molar-refractivity contribution in [2.45, 2.75) is 78.1 Å². The van der Waals surface area contributed by atoms with Crippen LogP contribution in [-0.2, 0) is 31.0 Å². The van der Waals surface area contributed by atoms with Crippen molar-refractivity contribution in [2.75, 3.05) is 92.0 Å². The number of hydrogen-bond donors (Lipinski definition) is 5. The highest BCUT2D eigenvalue weighted by molar-refractivity contribution is 7.92. The van der Waals surface area contributed by atoms with Crippen molar-refractivity contribution in [3.8, 4) is 10.4 Å². The lowest BCUT2D eigenvalue weighted by molar-refractivity contribution is -0.141. The van der Waals surface area contributed by atoms with Crippen molar-refractivity contribution in [3.05, 3.63) is 99.7 Å². The molecule has 18 nitrogen and oxygen atoms in total. The van der Waals surface area contributed by atoms with E-state index in [2.05, 4.69) is 50.9 Å². The number of carbonyl (C=O) groups is 3. The van der Waals surface area contributed by atoms with Gasteiger partial charge < -0.3 is 36.2 Å². The fourth-order valence-electron chi connectivity index (χ4n) is 9.90. The lowest BCUT2D eigenvalue weighted by Gasteiger charge is -2.40. The standard InChI is InChI=1S/C53H68Cl2N12O6S2/c1-34-48(74-33-58-34)37-13-11-35(12-14-37)28-56-46(69)27-39-25-40(68)31-67(39)51(71)49(53(2,3)4)61-47(70)32-64-19-17-36(18-20-64)30-65-21-23-66(24-22-65)38-15-16-43(41(54)26-38)60-52-57-29-42(55)50(62-52)59-44-9-7-8-10-45(44)63(5)75(6,72)73/h7-16,26,29,33,36,39-40,49,68H,17-25,27-28,30-32H2,1-6H3,(H,56,69)(H,61,70)(H2,57,59,60,62)/t39-,40+,49+/m0/s1. The average Bonchev–Trinajstić information content (AvgIpc) is 3.98. The van der Waals surface area contributed by atoms with Gasteiger partial charge in [-0.15, -0.1) is 11.3 Å². The van der Waals surface area contributed by atoms with Crippen LogP contribution in [0.4, 0.5) is 34.5 Å². The molecule has 0 radical (unpaired) electrons. The summed E-state index contributed by atoms with van der Waals surface area (Å²) in [5.41, 5.74) is 6.78. The highest BCUT2D eigenvalue weighted by Crippen LogP contribution is 2.35. The van der Waals surface area contributed by atoms with Gasteiger partial charge in [-0.25, -0.2) is 18.4 Å². The molecule has 402 valence electrons. The van der Waals surface area contributed by atoms with Crippen molar-refractivity contribution in [1.29, 1.82) is 0 Å². The van der Waals surface area contributed by atoms with Crippen molar-refractivity contribution < 1.29 is 27.9 Å². The van der Waals surface area contributed by atoms with E-state index in [0.29, 0.717) is 41.0 Å². The number of para-hydroxylation sites is 2. The minimum Gasteiger partial charge on any atom is -0.391 e. The second-order valence-electron chi connectivity index (χ2n) is 20.9. The molecular formula is C53H68Cl2N12O6S2. The zero-order valence-electron chi connectivity index (χ0n) is 43.4. The number of nitrogens with zero attached hydrogens (tertiary/aromatic N) is 8. The van der Waals surface area contributed by atoms with Crippen LogP contribution in [0.3, 0.4) is 0 Å². The van der Waals surface area contributed by atoms with E-state index in [-0.39, 0.29) is 54.0 Å². The largest absolute Gasteiger partial charge is 0.391 e. The Morgan fingerprint density at radius 1 is 0.893 bits per heavy atom. The van der Waals surface area contributed by atoms with Gasteiger partial charge in [-0.05, 0) is 92.1 Å². The van der Waals surface area contributed by atoms with E-state index < -0.39 is 33.6 Å². The van der Waals surface area contributed by atoms with E-state index in [0.717, 1.165) is 92.3 Å². The second kappa shape index (κ2) is 24.2. The van der Waals surface area contributed by atoms with Crippen molar-refractivity contribution >= 4 is 96.8 Å². The first-order chi connectivity index (χ1) is 35.7. The van der Waals surface area contributed by atoms with Gasteiger partial charge in [0.1, 0.15) is 11.1 Å². The number of rotatable bonds is 18. The molecule has 2 aromatic heterocycles. The number of aliphatic hydroxyl groups is 1. The number of aryl methyl sites for hydroxylation is 1. The van der Waals surface area contributed by atoms with E-state index in [4.69, 9.17) is 23.2 Å². The number of anilines is 6. The Kier molecular flexibility index (Phi) is 17.9. The number of hydrogen-bond acceptors (Lipinski definition) is 15. The number of sulfonamides is 1. The number of piperidine rings is 1. The summed E-state index contributed by atoms with van der Waals surface area (Å²) in [5.74, 6) is 0.332. The molecule has 5 N–H and O–H groups in total. The highest BCUT2D eigenvalue weighted by Gasteiger charge is 2.43. The SMILES string of the molecule is Cc1ncsc1-c1ccc(CNC(=O)C[C@@H]2C[C@@H](O)CN2C(=O)[C@@H](NC(=O)CN2CCC(CN3CCN(c4ccc(Nc5ncc(Cl)c(Nc6ccccc6N(C)S(C)(=O)=O)n5)c(Cl)c4)CC3)CC2)C(C)(C)C)cc1. The number of thiazole rings is 1. The third-order valence-corrected chi connectivity index (χ3v) is 17.0. The summed E-state index contributed by atoms with van der Waals surface area (Å²) in [4.78, 5) is 64.0. The molecule has 22 heteroatoms. The summed E-state index contributed by atoms with van der Waals surface area (Å²) < 4.78 is 25.7. The molecule has 5 heterocycles. The molecule has 8 rings (SSSR count). The number of piperazine rings is 1. The fraction of sp³-hybridized carbons (Fsp3) is 0.472. The van der Waals surface area contributed by atoms with Crippen LogP contribution in [0.15, 0.2) is 78.4 Å². The summed E-state index contributed by atoms with van der Waals surface area (Å²) >= 11 is 14.9. The summed E-state index contributed by atoms with van der Waals surface area (Å²) in [6.45, 7) is 14.4. The average molecular weight is 1100 g/mol. The van der Waals surface area contributed by atoms with Crippen LogP contribution in [0.2, 0.25) is 10.0 Å². The summed E-state index contributed by atoms with van der Waals surface area (Å²) in [5, 5.41) is 23.8. The maximum absolute atomic E-state index is 14.2. The normalized spacial score (nSPS) is 18.4. The van der Waals surface area contributed by atoms with Gasteiger partial charge in [-0.3, -0.25) is 28.5 Å². The van der Waals surface area contributed by atoms with Gasteiger partial charge >= 0.3 is 0 Å². The topological polar surface area (TPSA) is 209 Å². The molecule has 3 atom stereocenters. The van der Waals surface area contributed by atoms with Gasteiger partial charge in [0.05, 0.1) is 63.3 Å². The number of carbonyl (C=O) groups excluding carboxylic acids is 3. The lowest BCUT2D eigenvalue weighted by Crippen LogP contribution is -2.57. The Bertz CT molecular complexity index is 2930. The Balaban J connectivity index is 0.763. The molecule has 3 aliphatic heterocycles. The minimum absolute atomic E-state index is 0.0531. The van der Waals surface area contributed by atoms with E-state index in [1.807, 2.05) is 75.7 Å². The predicted octanol–water partition coefficient (Wildman–Crippen LogP) is 7.13. The molecule has 75 heavy (non-hydrogen) atoms. The third kappa shape index (κ3) is 14.5. The minimum atomic E-state index is -3.52. The molecule has 0 aliphatic carbocycles. The van der Waals surface area contributed by atoms with Gasteiger partial charge in [-0.2, -0.15) is 4.98 Å². The number of benzene rings is 3. The summed E-state index contributed by atoms with van der Waals surface area (Å²) in [6, 6.07) is 19.5. The molecule has 3 fully saturated rings. The molecule has 3 amide bonds. The second-order valence-corrected chi connectivity index (χ2v) is 24.6. The zero-order valence-corrected chi connectivity index (χ0v) is 46.5. The first kappa shape index (κ1) is 55.6. The van der Waals surface area contributed by atoms with E-state index in [9.17, 15) is 27.9 Å². The van der Waals surface area contributed by atoms with E-state index >= 15 is 0 Å². The smallest absolute Gasteiger partial charge is 0.246 e. The van der Waals surface area contributed by atoms with Gasteiger partial charge in [0.15, 0.2) is 5.82 Å². The van der Waals surface area contributed by atoms with Crippen LogP contribution in [0.5, 0.6) is 0 Å². The Hall–Kier alpha value is -5.61. The number of β-amino-alcohol motifs (C(OH)–C–C–N with tert-alkyl or cyclic N) is 1. The van der Waals surface area contributed by atoms with Crippen LogP contribution in [0, 0.1) is 18.3 Å². The number of likely N-dealkylation sites (tertiary alicyclic amines) is 2. The maximum Gasteiger partial charge on any atom is 0.246 e. The van der Waals surface area contributed by atoms with Crippen LogP contribution >= 0.6 is 34.5 Å². The number of aromatic nitrogens is 3. The number of aliphatic hydroxyl groups excluding tert-OH is 1. The highest BCUT2D eigenvalue weighted by atomic mass is 35.5. The Morgan fingerprint density at radius 2 is 1.61 bits per heavy atom. The van der Waals surface area contributed by atoms with Crippen molar-refractivity contribution in [1.82, 2.24) is 40.3 Å². The number of nitrogens with one attached hydrogen (secondary N) is 4. The van der Waals surface area contributed by atoms with Gasteiger partial charge in [-0.1, -0.05) is 80.4 Å². The van der Waals surface area contributed by atoms with E-state index in [1.165, 1.54) is 17.5 Å². The molecule has 0 saturated carbocycles. The van der Waals surface area contributed by atoms with Crippen molar-refractivity contribution in [3.63, 3.8) is 0 Å². The molecular weight excluding hydrogens is 1040 g/mol. The van der Waals surface area contributed by atoms with E-state index in [1.54, 1.807) is 40.5 Å². The first-order valence-corrected chi connectivity index (χ1v) is 28.8. The fourth-order valence-corrected chi connectivity index (χ4v) is 11.6. The predicted molar refractivity (Wildman–Crippen MR) is 299 cm³/mol. The van der Waals surface area contributed by atoms with Gasteiger partial charge in [0, 0.05) is 71.0 Å². The lowest BCUT2D eigenvalue weighted by atomic mass is 9.85. The van der Waals surface area contributed by atoms with Crippen LogP contribution < -0.4 is 30.5 Å². The zero-order chi connectivity index (χ0) is 53.6. The van der Waals surface area contributed by atoms with Crippen LogP contribution in [0.25, 0.3) is 10.4 Å². The van der Waals surface area contributed by atoms with Crippen LogP contribution in [-0.4, -0.2) is 151 Å². The molecule has 5 aromatic rings. The molecule has 3 saturated heterocycles. The van der Waals surface area contributed by atoms with Crippen molar-refractivity contribution in [2.24, 2.45) is 11.3 Å². The monoisotopic (exact) mass is 1100 g/mol. The summed E-state index contributed by atoms with van der Waals surface area (Å²) in [6.07, 6.45) is 4.11. The Labute approximate surface area is 454 Å². The Morgan fingerprint density at radius 3 is 2.28 bits per heavy atom. The van der Waals surface area contributed by atoms with Crippen LogP contribution in [0.1, 0.15) is 57.7 Å². The third-order valence-electron chi connectivity index (χ3n) is 14.2. The van der Waals surface area contributed by atoms with Gasteiger partial charge in [0.25, 0.3) is 0 Å². The molecule has 0 unspecified atom stereocenters. The number of amides is 3. The first-order valence-electron chi connectivity index (χ1n) is 25.3. The molecule has 0 bridgehead atoms. The summed E-state index contributed by atoms with van der Waals surface area (Å²) in [7, 11) is -2.04. The quantitative estimate of drug-likeness (QED) is 0.0592. The molecule has 3 aliphatic rings. The molecule has 0 spiro atoms. The maximum atomic E-state index is 14.2. The van der Waals surface area contributed by atoms with Gasteiger partial charge in [0.2, 0.25) is 33.7 Å².